The summed E-state index contributed by atoms with van der Waals surface area (Å²) in [6.45, 7) is 1.91. The predicted octanol–water partition coefficient (Wildman–Crippen LogP) is 3.46. The fourth-order valence-corrected chi connectivity index (χ4v) is 3.57. The third kappa shape index (κ3) is 3.53. The van der Waals surface area contributed by atoms with Gasteiger partial charge in [0.1, 0.15) is 29.4 Å². The average Bonchev–Trinajstić information content (AvgIpc) is 3.34. The monoisotopic (exact) mass is 427 g/mol. The lowest BCUT2D eigenvalue weighted by Crippen LogP contribution is -2.06. The maximum Gasteiger partial charge on any atom is 0.187 e. The number of nitrogens with zero attached hydrogens (tertiary/aromatic N) is 7. The Bertz CT molecular complexity index is 1440. The molecule has 158 valence electrons. The minimum atomic E-state index is -0.301. The van der Waals surface area contributed by atoms with Crippen LogP contribution >= 0.6 is 0 Å². The van der Waals surface area contributed by atoms with E-state index in [1.807, 2.05) is 30.7 Å². The Morgan fingerprint density at radius 3 is 2.62 bits per heavy atom. The van der Waals surface area contributed by atoms with Crippen LogP contribution in [0.15, 0.2) is 61.2 Å². The smallest absolute Gasteiger partial charge is 0.187 e. The minimum Gasteiger partial charge on any atom is -0.330 e. The van der Waals surface area contributed by atoms with Crippen LogP contribution in [0.5, 0.6) is 0 Å². The van der Waals surface area contributed by atoms with E-state index in [9.17, 15) is 9.18 Å². The van der Waals surface area contributed by atoms with Crippen LogP contribution < -0.4 is 0 Å². The third-order valence-electron chi connectivity index (χ3n) is 5.26. The standard InChI is InChI=1S/C23H18FN7O/c1-14-27-22(15-3-5-16(24)6-4-15)23(30(14)2)19-7-8-21-28-17(12-31(21)29-19)11-20(32)18-9-10-25-13-26-18/h3-10,12-13H,11H2,1-2H3. The average molecular weight is 427 g/mol. The van der Waals surface area contributed by atoms with Gasteiger partial charge in [-0.25, -0.2) is 28.8 Å². The molecule has 9 heteroatoms. The van der Waals surface area contributed by atoms with Crippen molar-refractivity contribution in [2.75, 3.05) is 0 Å². The number of fused-ring (bicyclic) bond motifs is 1. The number of halogens is 1. The lowest BCUT2D eigenvalue weighted by atomic mass is 10.1. The minimum absolute atomic E-state index is 0.112. The molecule has 0 aliphatic heterocycles. The van der Waals surface area contributed by atoms with Crippen LogP contribution in [0, 0.1) is 12.7 Å². The first-order chi connectivity index (χ1) is 15.5. The van der Waals surface area contributed by atoms with Crippen molar-refractivity contribution in [2.24, 2.45) is 7.05 Å². The first-order valence-corrected chi connectivity index (χ1v) is 9.94. The number of Topliss-reactive ketones (excluding diaryl/α,β-unsaturated/α-hetero) is 1. The largest absolute Gasteiger partial charge is 0.330 e. The predicted molar refractivity (Wildman–Crippen MR) is 115 cm³/mol. The van der Waals surface area contributed by atoms with Crippen LogP contribution in [0.2, 0.25) is 0 Å². The second-order valence-corrected chi connectivity index (χ2v) is 7.37. The summed E-state index contributed by atoms with van der Waals surface area (Å²) in [5.74, 6) is 0.366. The van der Waals surface area contributed by atoms with Crippen molar-refractivity contribution in [3.8, 4) is 22.6 Å². The van der Waals surface area contributed by atoms with Gasteiger partial charge in [-0.05, 0) is 49.4 Å². The lowest BCUT2D eigenvalue weighted by Gasteiger charge is -2.07. The van der Waals surface area contributed by atoms with Crippen LogP contribution in [0.1, 0.15) is 22.0 Å². The molecule has 5 rings (SSSR count). The van der Waals surface area contributed by atoms with Crippen molar-refractivity contribution in [2.45, 2.75) is 13.3 Å². The Balaban J connectivity index is 1.52. The number of rotatable bonds is 5. The molecule has 0 radical (unpaired) electrons. The van der Waals surface area contributed by atoms with Gasteiger partial charge in [-0.1, -0.05) is 0 Å². The molecule has 5 aromatic rings. The highest BCUT2D eigenvalue weighted by molar-refractivity contribution is 5.95. The van der Waals surface area contributed by atoms with Crippen molar-refractivity contribution >= 4 is 11.4 Å². The molecule has 0 fully saturated rings. The van der Waals surface area contributed by atoms with Gasteiger partial charge in [0.05, 0.1) is 29.7 Å². The zero-order chi connectivity index (χ0) is 22.2. The van der Waals surface area contributed by atoms with E-state index in [0.29, 0.717) is 22.7 Å². The van der Waals surface area contributed by atoms with Gasteiger partial charge in [-0.3, -0.25) is 4.79 Å². The van der Waals surface area contributed by atoms with E-state index in [1.165, 1.54) is 24.7 Å². The molecule has 0 aliphatic rings. The highest BCUT2D eigenvalue weighted by Crippen LogP contribution is 2.31. The van der Waals surface area contributed by atoms with Gasteiger partial charge in [0, 0.05) is 18.8 Å². The molecular formula is C23H18FN7O. The third-order valence-corrected chi connectivity index (χ3v) is 5.26. The Kier molecular flexibility index (Phi) is 4.78. The molecule has 1 aromatic carbocycles. The fraction of sp³-hybridized carbons (Fsp3) is 0.130. The zero-order valence-electron chi connectivity index (χ0n) is 17.4. The lowest BCUT2D eigenvalue weighted by molar-refractivity contribution is 0.0987. The second kappa shape index (κ2) is 7.77. The van der Waals surface area contributed by atoms with Crippen LogP contribution in [0.4, 0.5) is 4.39 Å². The quantitative estimate of drug-likeness (QED) is 0.399. The van der Waals surface area contributed by atoms with Gasteiger partial charge in [-0.2, -0.15) is 5.10 Å². The van der Waals surface area contributed by atoms with Crippen molar-refractivity contribution < 1.29 is 9.18 Å². The number of benzene rings is 1. The van der Waals surface area contributed by atoms with Crippen LogP contribution in [0.3, 0.4) is 0 Å². The highest BCUT2D eigenvalue weighted by atomic mass is 19.1. The second-order valence-electron chi connectivity index (χ2n) is 7.37. The molecule has 0 N–H and O–H groups in total. The maximum atomic E-state index is 13.4. The summed E-state index contributed by atoms with van der Waals surface area (Å²) in [5, 5.41) is 4.71. The molecular weight excluding hydrogens is 409 g/mol. The molecule has 32 heavy (non-hydrogen) atoms. The molecule has 0 aliphatic carbocycles. The van der Waals surface area contributed by atoms with Gasteiger partial charge < -0.3 is 4.57 Å². The van der Waals surface area contributed by atoms with E-state index >= 15 is 0 Å². The summed E-state index contributed by atoms with van der Waals surface area (Å²) < 4.78 is 17.0. The molecule has 0 spiro atoms. The van der Waals surface area contributed by atoms with E-state index < -0.39 is 0 Å². The maximum absolute atomic E-state index is 13.4. The first kappa shape index (κ1) is 19.7. The van der Waals surface area contributed by atoms with Crippen LogP contribution in [-0.2, 0) is 13.5 Å². The number of imidazole rings is 2. The van der Waals surface area contributed by atoms with Crippen LogP contribution in [-0.4, -0.2) is 39.9 Å². The highest BCUT2D eigenvalue weighted by Gasteiger charge is 2.19. The van der Waals surface area contributed by atoms with E-state index in [0.717, 1.165) is 22.8 Å². The molecule has 0 unspecified atom stereocenters. The number of carbonyl (C=O) groups is 1. The van der Waals surface area contributed by atoms with Gasteiger partial charge >= 0.3 is 0 Å². The Hall–Kier alpha value is -4.27. The first-order valence-electron chi connectivity index (χ1n) is 9.94. The summed E-state index contributed by atoms with van der Waals surface area (Å²) >= 11 is 0. The normalized spacial score (nSPS) is 11.2. The van der Waals surface area contributed by atoms with E-state index in [2.05, 4.69) is 19.9 Å². The van der Waals surface area contributed by atoms with Gasteiger partial charge in [0.2, 0.25) is 0 Å². The summed E-state index contributed by atoms with van der Waals surface area (Å²) in [4.78, 5) is 29.4. The number of aromatic nitrogens is 7. The Morgan fingerprint density at radius 2 is 1.88 bits per heavy atom. The molecule has 0 atom stereocenters. The molecule has 4 aromatic heterocycles. The molecule has 0 saturated heterocycles. The van der Waals surface area contributed by atoms with Crippen molar-refractivity contribution in [1.82, 2.24) is 34.1 Å². The van der Waals surface area contributed by atoms with E-state index in [4.69, 9.17) is 5.10 Å². The summed E-state index contributed by atoms with van der Waals surface area (Å²) in [7, 11) is 1.91. The molecule has 8 nitrogen and oxygen atoms in total. The molecule has 0 saturated carbocycles. The molecule has 0 amide bonds. The number of ketones is 1. The van der Waals surface area contributed by atoms with Crippen molar-refractivity contribution in [1.29, 1.82) is 0 Å². The van der Waals surface area contributed by atoms with Gasteiger partial charge in [0.15, 0.2) is 11.4 Å². The number of hydrogen-bond acceptors (Lipinski definition) is 6. The van der Waals surface area contributed by atoms with Crippen LogP contribution in [0.25, 0.3) is 28.3 Å². The van der Waals surface area contributed by atoms with Gasteiger partial charge in [0.25, 0.3) is 0 Å². The van der Waals surface area contributed by atoms with E-state index in [1.54, 1.807) is 28.9 Å². The van der Waals surface area contributed by atoms with Crippen molar-refractivity contribution in [3.63, 3.8) is 0 Å². The fourth-order valence-electron chi connectivity index (χ4n) is 3.57. The summed E-state index contributed by atoms with van der Waals surface area (Å²) in [6.07, 6.45) is 4.73. The number of hydrogen-bond donors (Lipinski definition) is 0. The number of carbonyl (C=O) groups excluding carboxylic acids is 1. The summed E-state index contributed by atoms with van der Waals surface area (Å²) in [6, 6.07) is 11.5. The van der Waals surface area contributed by atoms with Crippen molar-refractivity contribution in [3.05, 3.63) is 84.2 Å². The van der Waals surface area contributed by atoms with Gasteiger partial charge in [-0.15, -0.1) is 0 Å². The summed E-state index contributed by atoms with van der Waals surface area (Å²) in [5.41, 5.74) is 4.58. The molecule has 0 bridgehead atoms. The Labute approximate surface area is 182 Å². The zero-order valence-corrected chi connectivity index (χ0v) is 17.4. The Morgan fingerprint density at radius 1 is 1.06 bits per heavy atom. The van der Waals surface area contributed by atoms with E-state index in [-0.39, 0.29) is 18.0 Å². The SMILES string of the molecule is Cc1nc(-c2ccc(F)cc2)c(-c2ccc3nc(CC(=O)c4ccncn4)cn3n2)n1C. The number of aryl methyl sites for hydroxylation is 1. The topological polar surface area (TPSA) is 90.9 Å². The molecule has 4 heterocycles.